The Kier molecular flexibility index (Phi) is 3.23. The molecule has 1 saturated heterocycles. The lowest BCUT2D eigenvalue weighted by atomic mass is 9.85. The van der Waals surface area contributed by atoms with Gasteiger partial charge in [0, 0.05) is 7.11 Å². The summed E-state index contributed by atoms with van der Waals surface area (Å²) in [4.78, 5) is 11.1. The number of amides is 1. The van der Waals surface area contributed by atoms with Crippen molar-refractivity contribution >= 4 is 5.91 Å². The van der Waals surface area contributed by atoms with Crippen molar-refractivity contribution in [3.8, 4) is 0 Å². The minimum atomic E-state index is -0.228. The molecule has 15 heavy (non-hydrogen) atoms. The van der Waals surface area contributed by atoms with E-state index in [1.807, 2.05) is 0 Å². The lowest BCUT2D eigenvalue weighted by molar-refractivity contribution is -0.171. The molecule has 1 atom stereocenters. The van der Waals surface area contributed by atoms with Crippen molar-refractivity contribution in [2.24, 2.45) is 5.92 Å². The zero-order valence-corrected chi connectivity index (χ0v) is 8.98. The van der Waals surface area contributed by atoms with Gasteiger partial charge in [-0.15, -0.1) is 0 Å². The summed E-state index contributed by atoms with van der Waals surface area (Å²) in [6.07, 6.45) is 4.20. The van der Waals surface area contributed by atoms with E-state index in [0.29, 0.717) is 12.0 Å². The van der Waals surface area contributed by atoms with Crippen LogP contribution >= 0.6 is 0 Å². The summed E-state index contributed by atoms with van der Waals surface area (Å²) in [6.45, 7) is 0.255. The number of hydrogen-bond donors (Lipinski definition) is 2. The third kappa shape index (κ3) is 2.14. The van der Waals surface area contributed by atoms with Crippen molar-refractivity contribution in [1.82, 2.24) is 10.4 Å². The summed E-state index contributed by atoms with van der Waals surface area (Å²) in [5, 5.41) is 13.4. The monoisotopic (exact) mass is 214 g/mol. The standard InChI is InChI=1S/C10H18N2O3/c1-15-8-4-2-7(3-5-8)10-11-6-9(13)12(10)14/h7-8,10-11,14H,2-6H2,1H3/t7?,8?,10-/m0/s1. The summed E-state index contributed by atoms with van der Waals surface area (Å²) in [5.41, 5.74) is 0. The van der Waals surface area contributed by atoms with Gasteiger partial charge in [-0.05, 0) is 31.6 Å². The van der Waals surface area contributed by atoms with E-state index in [-0.39, 0.29) is 18.6 Å². The van der Waals surface area contributed by atoms with Crippen molar-refractivity contribution < 1.29 is 14.7 Å². The van der Waals surface area contributed by atoms with Crippen LogP contribution in [0.15, 0.2) is 0 Å². The largest absolute Gasteiger partial charge is 0.381 e. The molecule has 1 aliphatic heterocycles. The molecule has 1 aliphatic carbocycles. The zero-order valence-electron chi connectivity index (χ0n) is 8.98. The lowest BCUT2D eigenvalue weighted by Gasteiger charge is -2.33. The highest BCUT2D eigenvalue weighted by Crippen LogP contribution is 2.30. The van der Waals surface area contributed by atoms with Gasteiger partial charge in [0.15, 0.2) is 0 Å². The van der Waals surface area contributed by atoms with Crippen molar-refractivity contribution in [2.75, 3.05) is 13.7 Å². The minimum Gasteiger partial charge on any atom is -0.381 e. The number of carbonyl (C=O) groups excluding carboxylic acids is 1. The van der Waals surface area contributed by atoms with E-state index in [9.17, 15) is 10.0 Å². The number of ether oxygens (including phenoxy) is 1. The molecule has 0 unspecified atom stereocenters. The van der Waals surface area contributed by atoms with Crippen LogP contribution in [0.2, 0.25) is 0 Å². The number of nitrogens with zero attached hydrogens (tertiary/aromatic N) is 1. The fourth-order valence-electron chi connectivity index (χ4n) is 2.52. The summed E-state index contributed by atoms with van der Waals surface area (Å²) in [6, 6.07) is 0. The van der Waals surface area contributed by atoms with Gasteiger partial charge in [-0.1, -0.05) is 0 Å². The van der Waals surface area contributed by atoms with Gasteiger partial charge in [-0.25, -0.2) is 5.06 Å². The van der Waals surface area contributed by atoms with Gasteiger partial charge in [0.2, 0.25) is 0 Å². The number of rotatable bonds is 2. The first-order chi connectivity index (χ1) is 7.22. The van der Waals surface area contributed by atoms with Crippen LogP contribution in [-0.2, 0) is 9.53 Å². The Balaban J connectivity index is 1.88. The van der Waals surface area contributed by atoms with Crippen LogP contribution in [-0.4, -0.2) is 42.1 Å². The van der Waals surface area contributed by atoms with Crippen LogP contribution in [0.5, 0.6) is 0 Å². The van der Waals surface area contributed by atoms with Crippen LogP contribution in [0.4, 0.5) is 0 Å². The van der Waals surface area contributed by atoms with Crippen molar-refractivity contribution in [1.29, 1.82) is 0 Å². The molecule has 0 aromatic carbocycles. The van der Waals surface area contributed by atoms with Gasteiger partial charge >= 0.3 is 0 Å². The molecule has 86 valence electrons. The molecule has 0 radical (unpaired) electrons. The molecule has 2 aliphatic rings. The first-order valence-corrected chi connectivity index (χ1v) is 5.49. The summed E-state index contributed by atoms with van der Waals surface area (Å²) in [5.74, 6) is 0.127. The smallest absolute Gasteiger partial charge is 0.261 e. The number of carbonyl (C=O) groups is 1. The maximum atomic E-state index is 11.1. The van der Waals surface area contributed by atoms with Crippen LogP contribution < -0.4 is 5.32 Å². The van der Waals surface area contributed by atoms with Crippen LogP contribution in [0, 0.1) is 5.92 Å². The Morgan fingerprint density at radius 3 is 2.53 bits per heavy atom. The second-order valence-electron chi connectivity index (χ2n) is 4.34. The third-order valence-corrected chi connectivity index (χ3v) is 3.48. The van der Waals surface area contributed by atoms with Gasteiger partial charge in [-0.2, -0.15) is 0 Å². The van der Waals surface area contributed by atoms with Crippen molar-refractivity contribution in [2.45, 2.75) is 38.0 Å². The average Bonchev–Trinajstić information content (AvgIpc) is 2.60. The van der Waals surface area contributed by atoms with E-state index in [1.54, 1.807) is 7.11 Å². The molecule has 1 saturated carbocycles. The average molecular weight is 214 g/mol. The molecule has 1 amide bonds. The first-order valence-electron chi connectivity index (χ1n) is 5.49. The van der Waals surface area contributed by atoms with Crippen LogP contribution in [0.1, 0.15) is 25.7 Å². The molecule has 0 aromatic heterocycles. The second-order valence-corrected chi connectivity index (χ2v) is 4.34. The number of methoxy groups -OCH3 is 1. The fourth-order valence-corrected chi connectivity index (χ4v) is 2.52. The summed E-state index contributed by atoms with van der Waals surface area (Å²) < 4.78 is 5.29. The molecule has 5 heteroatoms. The van der Waals surface area contributed by atoms with E-state index in [2.05, 4.69) is 5.32 Å². The van der Waals surface area contributed by atoms with E-state index in [4.69, 9.17) is 4.74 Å². The van der Waals surface area contributed by atoms with E-state index in [1.165, 1.54) is 0 Å². The SMILES string of the molecule is COC1CCC([C@H]2NCC(=O)N2O)CC1. The maximum Gasteiger partial charge on any atom is 0.261 e. The molecule has 0 spiro atoms. The molecule has 5 nitrogen and oxygen atoms in total. The van der Waals surface area contributed by atoms with Gasteiger partial charge in [0.05, 0.1) is 12.6 Å². The fraction of sp³-hybridized carbons (Fsp3) is 0.900. The van der Waals surface area contributed by atoms with Gasteiger partial charge < -0.3 is 4.74 Å². The number of hydroxylamine groups is 2. The molecule has 0 aromatic rings. The highest BCUT2D eigenvalue weighted by molar-refractivity contribution is 5.79. The number of nitrogens with one attached hydrogen (secondary N) is 1. The van der Waals surface area contributed by atoms with Gasteiger partial charge in [-0.3, -0.25) is 15.3 Å². The Bertz CT molecular complexity index is 239. The number of hydrogen-bond acceptors (Lipinski definition) is 4. The Hall–Kier alpha value is -0.650. The van der Waals surface area contributed by atoms with Crippen LogP contribution in [0.3, 0.4) is 0 Å². The molecule has 2 rings (SSSR count). The molecular formula is C10H18N2O3. The van der Waals surface area contributed by atoms with E-state index >= 15 is 0 Å². The second kappa shape index (κ2) is 4.47. The Morgan fingerprint density at radius 1 is 1.40 bits per heavy atom. The van der Waals surface area contributed by atoms with Crippen LogP contribution in [0.25, 0.3) is 0 Å². The predicted molar refractivity (Wildman–Crippen MR) is 53.2 cm³/mol. The summed E-state index contributed by atoms with van der Waals surface area (Å²) in [7, 11) is 1.74. The molecular weight excluding hydrogens is 196 g/mol. The molecule has 2 fully saturated rings. The maximum absolute atomic E-state index is 11.1. The Morgan fingerprint density at radius 2 is 2.07 bits per heavy atom. The van der Waals surface area contributed by atoms with Crippen molar-refractivity contribution in [3.63, 3.8) is 0 Å². The normalized spacial score (nSPS) is 37.3. The first kappa shape index (κ1) is 10.9. The molecule has 2 N–H and O–H groups in total. The van der Waals surface area contributed by atoms with Crippen molar-refractivity contribution in [3.05, 3.63) is 0 Å². The third-order valence-electron chi connectivity index (χ3n) is 3.48. The highest BCUT2D eigenvalue weighted by atomic mass is 16.5. The summed E-state index contributed by atoms with van der Waals surface area (Å²) >= 11 is 0. The predicted octanol–water partition coefficient (Wildman–Crippen LogP) is 0.339. The topological polar surface area (TPSA) is 61.8 Å². The van der Waals surface area contributed by atoms with Gasteiger partial charge in [0.25, 0.3) is 5.91 Å². The van der Waals surface area contributed by atoms with Gasteiger partial charge in [0.1, 0.15) is 6.17 Å². The van der Waals surface area contributed by atoms with E-state index in [0.717, 1.165) is 30.7 Å². The molecule has 0 bridgehead atoms. The quantitative estimate of drug-likeness (QED) is 0.651. The Labute approximate surface area is 89.3 Å². The highest BCUT2D eigenvalue weighted by Gasteiger charge is 2.37. The minimum absolute atomic E-state index is 0.185. The van der Waals surface area contributed by atoms with E-state index < -0.39 is 0 Å². The zero-order chi connectivity index (χ0) is 10.8. The lowest BCUT2D eigenvalue weighted by Crippen LogP contribution is -2.43. The molecule has 1 heterocycles.